The van der Waals surface area contributed by atoms with Crippen LogP contribution in [0.4, 0.5) is 5.69 Å². The number of para-hydroxylation sites is 2. The van der Waals surface area contributed by atoms with Gasteiger partial charge in [0.25, 0.3) is 5.56 Å². The molecule has 0 aliphatic rings. The van der Waals surface area contributed by atoms with Crippen LogP contribution in [0, 0.1) is 0 Å². The average molecular weight is 529 g/mol. The first-order valence-electron chi connectivity index (χ1n) is 12.8. The van der Waals surface area contributed by atoms with Crippen molar-refractivity contribution in [2.45, 2.75) is 13.0 Å². The fourth-order valence-corrected chi connectivity index (χ4v) is 4.93. The van der Waals surface area contributed by atoms with E-state index in [9.17, 15) is 14.4 Å². The SMILES string of the molecule is O=C(O)CC(=O)Nc1cc(-c2ccc(-c3cccc4c3oc3ccccc34)cc2)cn(Cc2ccccc2)c1=O. The highest BCUT2D eigenvalue weighted by Crippen LogP contribution is 2.36. The lowest BCUT2D eigenvalue weighted by Gasteiger charge is -2.13. The van der Waals surface area contributed by atoms with Crippen molar-refractivity contribution in [3.63, 3.8) is 0 Å². The van der Waals surface area contributed by atoms with Gasteiger partial charge in [-0.3, -0.25) is 14.4 Å². The third kappa shape index (κ3) is 4.88. The summed E-state index contributed by atoms with van der Waals surface area (Å²) < 4.78 is 7.72. The molecule has 0 saturated carbocycles. The van der Waals surface area contributed by atoms with Crippen molar-refractivity contribution in [2.24, 2.45) is 0 Å². The van der Waals surface area contributed by atoms with Gasteiger partial charge >= 0.3 is 5.97 Å². The molecule has 0 bridgehead atoms. The molecule has 0 spiro atoms. The molecular formula is C33H24N2O5. The molecule has 0 aliphatic carbocycles. The Kier molecular flexibility index (Phi) is 6.46. The third-order valence-corrected chi connectivity index (χ3v) is 6.80. The molecule has 4 aromatic carbocycles. The van der Waals surface area contributed by atoms with Crippen LogP contribution in [0.15, 0.2) is 119 Å². The number of benzene rings is 4. The van der Waals surface area contributed by atoms with Crippen LogP contribution in [0.3, 0.4) is 0 Å². The van der Waals surface area contributed by atoms with E-state index < -0.39 is 23.9 Å². The van der Waals surface area contributed by atoms with Gasteiger partial charge in [0, 0.05) is 28.1 Å². The van der Waals surface area contributed by atoms with E-state index >= 15 is 0 Å². The number of hydrogen-bond donors (Lipinski definition) is 2. The second-order valence-electron chi connectivity index (χ2n) is 9.54. The van der Waals surface area contributed by atoms with Crippen LogP contribution in [0.25, 0.3) is 44.2 Å². The Morgan fingerprint density at radius 2 is 1.48 bits per heavy atom. The fraction of sp³-hybridized carbons (Fsp3) is 0.0606. The largest absolute Gasteiger partial charge is 0.481 e. The van der Waals surface area contributed by atoms with E-state index in [0.717, 1.165) is 44.2 Å². The Labute approximate surface area is 228 Å². The number of pyridine rings is 1. The first kappa shape index (κ1) is 24.9. The number of amides is 1. The number of nitrogens with zero attached hydrogens (tertiary/aromatic N) is 1. The molecule has 2 aromatic heterocycles. The Morgan fingerprint density at radius 3 is 2.25 bits per heavy atom. The minimum absolute atomic E-state index is 0.0239. The first-order valence-corrected chi connectivity index (χ1v) is 12.8. The van der Waals surface area contributed by atoms with Crippen molar-refractivity contribution in [1.29, 1.82) is 0 Å². The summed E-state index contributed by atoms with van der Waals surface area (Å²) in [4.78, 5) is 36.4. The summed E-state index contributed by atoms with van der Waals surface area (Å²) in [6.07, 6.45) is 1.02. The lowest BCUT2D eigenvalue weighted by atomic mass is 9.99. The van der Waals surface area contributed by atoms with Crippen molar-refractivity contribution in [1.82, 2.24) is 4.57 Å². The Morgan fingerprint density at radius 1 is 0.775 bits per heavy atom. The Bertz CT molecular complexity index is 1940. The molecule has 0 atom stereocenters. The number of anilines is 1. The topological polar surface area (TPSA) is 102 Å². The number of aliphatic carboxylic acids is 1. The second-order valence-corrected chi connectivity index (χ2v) is 9.54. The highest BCUT2D eigenvalue weighted by molar-refractivity contribution is 6.09. The summed E-state index contributed by atoms with van der Waals surface area (Å²) in [5.74, 6) is -2.03. The van der Waals surface area contributed by atoms with Gasteiger partial charge in [0.1, 0.15) is 23.3 Å². The monoisotopic (exact) mass is 528 g/mol. The van der Waals surface area contributed by atoms with Gasteiger partial charge in [-0.2, -0.15) is 0 Å². The van der Waals surface area contributed by atoms with Gasteiger partial charge in [0.15, 0.2) is 0 Å². The molecule has 2 N–H and O–H groups in total. The highest BCUT2D eigenvalue weighted by Gasteiger charge is 2.15. The van der Waals surface area contributed by atoms with Gasteiger partial charge in [-0.15, -0.1) is 0 Å². The van der Waals surface area contributed by atoms with Crippen molar-refractivity contribution in [3.8, 4) is 22.3 Å². The molecule has 0 fully saturated rings. The molecule has 7 heteroatoms. The molecule has 7 nitrogen and oxygen atoms in total. The Hall–Kier alpha value is -5.43. The lowest BCUT2D eigenvalue weighted by Crippen LogP contribution is -2.27. The maximum Gasteiger partial charge on any atom is 0.312 e. The van der Waals surface area contributed by atoms with Gasteiger partial charge < -0.3 is 19.4 Å². The fourth-order valence-electron chi connectivity index (χ4n) is 4.93. The number of aromatic nitrogens is 1. The van der Waals surface area contributed by atoms with Crippen molar-refractivity contribution in [2.75, 3.05) is 5.32 Å². The van der Waals surface area contributed by atoms with Crippen LogP contribution in [0.2, 0.25) is 0 Å². The van der Waals surface area contributed by atoms with Crippen LogP contribution in [-0.2, 0) is 16.1 Å². The number of nitrogens with one attached hydrogen (secondary N) is 1. The number of carboxylic acid groups (broad SMARTS) is 1. The summed E-state index contributed by atoms with van der Waals surface area (Å²) in [5.41, 5.74) is 5.65. The van der Waals surface area contributed by atoms with Crippen molar-refractivity contribution < 1.29 is 19.1 Å². The van der Waals surface area contributed by atoms with E-state index in [-0.39, 0.29) is 5.69 Å². The van der Waals surface area contributed by atoms with Crippen LogP contribution < -0.4 is 10.9 Å². The summed E-state index contributed by atoms with van der Waals surface area (Å²) >= 11 is 0. The molecule has 6 aromatic rings. The summed E-state index contributed by atoms with van der Waals surface area (Å²) in [6.45, 7) is 0.293. The van der Waals surface area contributed by atoms with Crippen LogP contribution in [0.1, 0.15) is 12.0 Å². The first-order chi connectivity index (χ1) is 19.5. The zero-order chi connectivity index (χ0) is 27.6. The van der Waals surface area contributed by atoms with E-state index in [0.29, 0.717) is 12.1 Å². The normalized spacial score (nSPS) is 11.1. The molecule has 6 rings (SSSR count). The highest BCUT2D eigenvalue weighted by atomic mass is 16.4. The van der Waals surface area contributed by atoms with Crippen LogP contribution in [-0.4, -0.2) is 21.6 Å². The zero-order valence-electron chi connectivity index (χ0n) is 21.3. The van der Waals surface area contributed by atoms with Crippen LogP contribution >= 0.6 is 0 Å². The van der Waals surface area contributed by atoms with Gasteiger partial charge in [-0.05, 0) is 28.8 Å². The van der Waals surface area contributed by atoms with Gasteiger partial charge in [0.05, 0.1) is 6.54 Å². The second kappa shape index (κ2) is 10.4. The van der Waals surface area contributed by atoms with E-state index in [1.54, 1.807) is 12.3 Å². The molecule has 40 heavy (non-hydrogen) atoms. The standard InChI is InChI=1S/C33H24N2O5/c36-30(18-31(37)38)34-28-17-24(20-35(33(28)39)19-21-7-2-1-3-8-21)22-13-15-23(16-14-22)25-10-6-11-27-26-9-4-5-12-29(26)40-32(25)27/h1-17,20H,18-19H2,(H,34,36)(H,37,38). The maximum absolute atomic E-state index is 13.2. The maximum atomic E-state index is 13.2. The number of furan rings is 1. The number of carbonyl (C=O) groups excluding carboxylic acids is 1. The number of hydrogen-bond acceptors (Lipinski definition) is 4. The number of rotatable bonds is 7. The number of fused-ring (bicyclic) bond motifs is 3. The zero-order valence-corrected chi connectivity index (χ0v) is 21.3. The minimum Gasteiger partial charge on any atom is -0.481 e. The van der Waals surface area contributed by atoms with E-state index in [1.807, 2.05) is 91.0 Å². The van der Waals surface area contributed by atoms with Gasteiger partial charge in [-0.1, -0.05) is 91.0 Å². The van der Waals surface area contributed by atoms with E-state index in [2.05, 4.69) is 11.4 Å². The summed E-state index contributed by atoms with van der Waals surface area (Å²) in [5, 5.41) is 13.6. The van der Waals surface area contributed by atoms with E-state index in [4.69, 9.17) is 9.52 Å². The number of carbonyl (C=O) groups is 2. The molecule has 1 amide bonds. The van der Waals surface area contributed by atoms with Crippen molar-refractivity contribution in [3.05, 3.63) is 125 Å². The quantitative estimate of drug-likeness (QED) is 0.229. The molecular weight excluding hydrogens is 504 g/mol. The average Bonchev–Trinajstić information content (AvgIpc) is 3.34. The van der Waals surface area contributed by atoms with Gasteiger partial charge in [-0.25, -0.2) is 0 Å². The molecule has 0 saturated heterocycles. The van der Waals surface area contributed by atoms with Crippen LogP contribution in [0.5, 0.6) is 0 Å². The summed E-state index contributed by atoms with van der Waals surface area (Å²) in [6, 6.07) is 33.0. The smallest absolute Gasteiger partial charge is 0.312 e. The third-order valence-electron chi connectivity index (χ3n) is 6.80. The molecule has 0 aliphatic heterocycles. The minimum atomic E-state index is -1.27. The molecule has 2 heterocycles. The van der Waals surface area contributed by atoms with E-state index in [1.165, 1.54) is 4.57 Å². The molecule has 196 valence electrons. The van der Waals surface area contributed by atoms with Crippen molar-refractivity contribution >= 4 is 39.5 Å². The predicted octanol–water partition coefficient (Wildman–Crippen LogP) is 6.54. The summed E-state index contributed by atoms with van der Waals surface area (Å²) in [7, 11) is 0. The Balaban J connectivity index is 1.39. The predicted molar refractivity (Wildman–Crippen MR) is 155 cm³/mol. The molecule has 0 unspecified atom stereocenters. The molecule has 0 radical (unpaired) electrons. The van der Waals surface area contributed by atoms with Gasteiger partial charge in [0.2, 0.25) is 5.91 Å². The lowest BCUT2D eigenvalue weighted by molar-refractivity contribution is -0.139. The number of carboxylic acids is 1.